The molecule has 0 fully saturated rings. The zero-order valence-electron chi connectivity index (χ0n) is 26.5. The van der Waals surface area contributed by atoms with Crippen LogP contribution in [0.3, 0.4) is 0 Å². The van der Waals surface area contributed by atoms with Gasteiger partial charge in [-0.1, -0.05) is 134 Å². The molecule has 48 heavy (non-hydrogen) atoms. The summed E-state index contributed by atoms with van der Waals surface area (Å²) in [5.41, 5.74) is 9.32. The number of aromatic nitrogens is 3. The van der Waals surface area contributed by atoms with Crippen LogP contribution < -0.4 is 0 Å². The van der Waals surface area contributed by atoms with Crippen LogP contribution in [-0.4, -0.2) is 15.0 Å². The number of furan rings is 1. The molecule has 1 atom stereocenters. The minimum atomic E-state index is 0.423. The van der Waals surface area contributed by atoms with E-state index in [1.54, 1.807) is 0 Å². The Labute approximate surface area is 278 Å². The molecule has 4 heteroatoms. The van der Waals surface area contributed by atoms with Crippen LogP contribution in [0.5, 0.6) is 0 Å². The fourth-order valence-corrected chi connectivity index (χ4v) is 6.78. The van der Waals surface area contributed by atoms with E-state index in [1.807, 2.05) is 42.5 Å². The molecule has 0 amide bonds. The van der Waals surface area contributed by atoms with E-state index in [2.05, 4.69) is 116 Å². The lowest BCUT2D eigenvalue weighted by molar-refractivity contribution is 0.669. The van der Waals surface area contributed by atoms with Crippen molar-refractivity contribution in [2.45, 2.75) is 13.3 Å². The number of fused-ring (bicyclic) bond motifs is 4. The van der Waals surface area contributed by atoms with Gasteiger partial charge in [-0.05, 0) is 75.2 Å². The van der Waals surface area contributed by atoms with Crippen molar-refractivity contribution in [1.29, 1.82) is 0 Å². The predicted molar refractivity (Wildman–Crippen MR) is 197 cm³/mol. The van der Waals surface area contributed by atoms with Crippen LogP contribution in [0, 0.1) is 5.92 Å². The number of rotatable bonds is 5. The van der Waals surface area contributed by atoms with Crippen LogP contribution in [0.25, 0.3) is 83.3 Å². The van der Waals surface area contributed by atoms with Crippen molar-refractivity contribution in [2.24, 2.45) is 5.92 Å². The van der Waals surface area contributed by atoms with Gasteiger partial charge in [-0.2, -0.15) is 0 Å². The SMILES string of the molecule is CC1C=CC=C(c2nc(-c3ccccc3)nc(-c3cccc4oc5ccc(-c6ccc(-c7ccc8ccccc8c7)cc6)cc5c34)n2)C1. The van der Waals surface area contributed by atoms with Crippen molar-refractivity contribution >= 4 is 38.3 Å². The van der Waals surface area contributed by atoms with Crippen molar-refractivity contribution in [3.8, 4) is 45.0 Å². The third-order valence-electron chi connectivity index (χ3n) is 9.27. The van der Waals surface area contributed by atoms with Crippen molar-refractivity contribution in [3.05, 3.63) is 158 Å². The van der Waals surface area contributed by atoms with E-state index in [0.29, 0.717) is 23.4 Å². The maximum Gasteiger partial charge on any atom is 0.164 e. The molecule has 6 aromatic carbocycles. The normalized spacial score (nSPS) is 14.5. The molecule has 0 bridgehead atoms. The van der Waals surface area contributed by atoms with Crippen LogP contribution in [-0.2, 0) is 0 Å². The first-order valence-electron chi connectivity index (χ1n) is 16.4. The molecule has 1 aliphatic rings. The summed E-state index contributed by atoms with van der Waals surface area (Å²) in [5.74, 6) is 2.44. The molecule has 2 heterocycles. The number of hydrogen-bond donors (Lipinski definition) is 0. The fraction of sp³-hybridized carbons (Fsp3) is 0.0682. The zero-order valence-corrected chi connectivity index (χ0v) is 26.5. The first-order chi connectivity index (χ1) is 23.7. The molecule has 0 saturated carbocycles. The highest BCUT2D eigenvalue weighted by Crippen LogP contribution is 2.39. The molecule has 0 aliphatic heterocycles. The largest absolute Gasteiger partial charge is 0.456 e. The Bertz CT molecular complexity index is 2540. The van der Waals surface area contributed by atoms with E-state index in [9.17, 15) is 0 Å². The highest BCUT2D eigenvalue weighted by molar-refractivity contribution is 6.12. The Morgan fingerprint density at radius 3 is 2.04 bits per heavy atom. The van der Waals surface area contributed by atoms with Gasteiger partial charge in [0.05, 0.1) is 0 Å². The third kappa shape index (κ3) is 5.08. The van der Waals surface area contributed by atoms with Crippen LogP contribution in [0.1, 0.15) is 19.2 Å². The summed E-state index contributed by atoms with van der Waals surface area (Å²) in [6.45, 7) is 2.22. The lowest BCUT2D eigenvalue weighted by Crippen LogP contribution is -2.06. The minimum absolute atomic E-state index is 0.423. The summed E-state index contributed by atoms with van der Waals surface area (Å²) in [6, 6.07) is 46.6. The number of nitrogens with zero attached hydrogens (tertiary/aromatic N) is 3. The summed E-state index contributed by atoms with van der Waals surface area (Å²) in [7, 11) is 0. The quantitative estimate of drug-likeness (QED) is 0.193. The molecular formula is C44H31N3O. The van der Waals surface area contributed by atoms with Gasteiger partial charge in [0.1, 0.15) is 11.2 Å². The summed E-state index contributed by atoms with van der Waals surface area (Å²) < 4.78 is 6.40. The van der Waals surface area contributed by atoms with Crippen molar-refractivity contribution in [1.82, 2.24) is 15.0 Å². The minimum Gasteiger partial charge on any atom is -0.456 e. The summed E-state index contributed by atoms with van der Waals surface area (Å²) in [5, 5.41) is 4.54. The van der Waals surface area contributed by atoms with E-state index in [1.165, 1.54) is 21.9 Å². The summed E-state index contributed by atoms with van der Waals surface area (Å²) in [4.78, 5) is 15.1. The predicted octanol–water partition coefficient (Wildman–Crippen LogP) is 11.6. The van der Waals surface area contributed by atoms with Crippen molar-refractivity contribution in [3.63, 3.8) is 0 Å². The van der Waals surface area contributed by atoms with Gasteiger partial charge in [0, 0.05) is 21.9 Å². The molecule has 0 radical (unpaired) electrons. The highest BCUT2D eigenvalue weighted by Gasteiger charge is 2.20. The van der Waals surface area contributed by atoms with Gasteiger partial charge in [0.15, 0.2) is 17.5 Å². The molecule has 228 valence electrons. The van der Waals surface area contributed by atoms with Gasteiger partial charge in [0.2, 0.25) is 0 Å². The maximum atomic E-state index is 6.40. The first-order valence-corrected chi connectivity index (χ1v) is 16.4. The van der Waals surface area contributed by atoms with Crippen LogP contribution in [0.4, 0.5) is 0 Å². The maximum absolute atomic E-state index is 6.40. The Kier molecular flexibility index (Phi) is 6.79. The topological polar surface area (TPSA) is 51.8 Å². The number of allylic oxidation sites excluding steroid dienone is 4. The van der Waals surface area contributed by atoms with Crippen molar-refractivity contribution in [2.75, 3.05) is 0 Å². The molecule has 0 N–H and O–H groups in total. The monoisotopic (exact) mass is 617 g/mol. The highest BCUT2D eigenvalue weighted by atomic mass is 16.3. The Morgan fingerprint density at radius 1 is 0.542 bits per heavy atom. The second-order valence-electron chi connectivity index (χ2n) is 12.6. The van der Waals surface area contributed by atoms with Gasteiger partial charge in [0.25, 0.3) is 0 Å². The van der Waals surface area contributed by atoms with Gasteiger partial charge in [-0.3, -0.25) is 0 Å². The molecule has 1 aliphatic carbocycles. The number of hydrogen-bond acceptors (Lipinski definition) is 4. The second kappa shape index (κ2) is 11.6. The van der Waals surface area contributed by atoms with Gasteiger partial charge < -0.3 is 4.42 Å². The third-order valence-corrected chi connectivity index (χ3v) is 9.27. The molecule has 0 spiro atoms. The lowest BCUT2D eigenvalue weighted by atomic mass is 9.95. The van der Waals surface area contributed by atoms with E-state index in [0.717, 1.165) is 56.2 Å². The molecule has 2 aromatic heterocycles. The van der Waals surface area contributed by atoms with Gasteiger partial charge in [-0.15, -0.1) is 0 Å². The van der Waals surface area contributed by atoms with E-state index >= 15 is 0 Å². The standard InChI is InChI=1S/C44H31N3O/c1-28-9-7-14-36(25-28)43-45-42(32-11-3-2-4-12-32)46-44(47-43)37-15-8-16-40-41(37)38-27-35(23-24-39(38)48-40)31-19-17-30(18-20-31)34-22-21-29-10-5-6-13-33(29)26-34/h2-24,26-28H,25H2,1H3. The van der Waals surface area contributed by atoms with Crippen LogP contribution in [0.15, 0.2) is 156 Å². The average molecular weight is 618 g/mol. The molecule has 1 unspecified atom stereocenters. The summed E-state index contributed by atoms with van der Waals surface area (Å²) >= 11 is 0. The van der Waals surface area contributed by atoms with E-state index in [4.69, 9.17) is 19.4 Å². The van der Waals surface area contributed by atoms with E-state index in [-0.39, 0.29) is 0 Å². The average Bonchev–Trinajstić information content (AvgIpc) is 3.53. The zero-order chi connectivity index (χ0) is 32.0. The van der Waals surface area contributed by atoms with Crippen LogP contribution in [0.2, 0.25) is 0 Å². The van der Waals surface area contributed by atoms with Crippen molar-refractivity contribution < 1.29 is 4.42 Å². The lowest BCUT2D eigenvalue weighted by Gasteiger charge is -2.15. The van der Waals surface area contributed by atoms with Crippen LogP contribution >= 0.6 is 0 Å². The summed E-state index contributed by atoms with van der Waals surface area (Å²) in [6.07, 6.45) is 7.33. The molecular weight excluding hydrogens is 587 g/mol. The van der Waals surface area contributed by atoms with E-state index < -0.39 is 0 Å². The van der Waals surface area contributed by atoms with Gasteiger partial charge >= 0.3 is 0 Å². The smallest absolute Gasteiger partial charge is 0.164 e. The van der Waals surface area contributed by atoms with Gasteiger partial charge in [-0.25, -0.2) is 15.0 Å². The molecule has 4 nitrogen and oxygen atoms in total. The Hall–Kier alpha value is -6.13. The Morgan fingerprint density at radius 2 is 1.23 bits per heavy atom. The number of benzene rings is 6. The Balaban J connectivity index is 1.15. The molecule has 0 saturated heterocycles. The second-order valence-corrected chi connectivity index (χ2v) is 12.6. The first kappa shape index (κ1) is 28.1. The fourth-order valence-electron chi connectivity index (χ4n) is 6.78. The molecule has 8 aromatic rings. The molecule has 9 rings (SSSR count).